The summed E-state index contributed by atoms with van der Waals surface area (Å²) in [6, 6.07) is 2.21. The van der Waals surface area contributed by atoms with Crippen LogP contribution in [0.1, 0.15) is 43.6 Å². The molecule has 1 aliphatic rings. The first-order chi connectivity index (χ1) is 9.63. The van der Waals surface area contributed by atoms with Gasteiger partial charge in [-0.05, 0) is 54.7 Å². The van der Waals surface area contributed by atoms with Crippen LogP contribution >= 0.6 is 15.9 Å². The monoisotopic (exact) mass is 341 g/mol. The molecule has 0 bridgehead atoms. The maximum atomic E-state index is 12.3. The second kappa shape index (κ2) is 7.27. The van der Waals surface area contributed by atoms with E-state index in [4.69, 9.17) is 0 Å². The molecule has 0 saturated carbocycles. The predicted octanol–water partition coefficient (Wildman–Crippen LogP) is 2.87. The Morgan fingerprint density at radius 2 is 2.10 bits per heavy atom. The van der Waals surface area contributed by atoms with Crippen molar-refractivity contribution < 1.29 is 4.79 Å². The molecule has 1 aromatic heterocycles. The Labute approximate surface area is 129 Å². The first-order valence-corrected chi connectivity index (χ1v) is 8.32. The van der Waals surface area contributed by atoms with Crippen LogP contribution in [0.25, 0.3) is 0 Å². The Balaban J connectivity index is 1.89. The predicted molar refractivity (Wildman–Crippen MR) is 85.0 cm³/mol. The van der Waals surface area contributed by atoms with Crippen molar-refractivity contribution in [2.24, 2.45) is 0 Å². The van der Waals surface area contributed by atoms with Crippen molar-refractivity contribution in [3.05, 3.63) is 22.4 Å². The minimum absolute atomic E-state index is 0.0477. The van der Waals surface area contributed by atoms with Gasteiger partial charge in [-0.1, -0.05) is 6.92 Å². The lowest BCUT2D eigenvalue weighted by Gasteiger charge is -2.32. The number of nitrogens with zero attached hydrogens (tertiary/aromatic N) is 2. The van der Waals surface area contributed by atoms with Crippen molar-refractivity contribution in [1.29, 1.82) is 0 Å². The number of halogens is 1. The molecule has 112 valence electrons. The number of carbonyl (C=O) groups is 1. The fourth-order valence-corrected chi connectivity index (χ4v) is 3.27. The van der Waals surface area contributed by atoms with E-state index in [0.717, 1.165) is 42.6 Å². The highest BCUT2D eigenvalue weighted by molar-refractivity contribution is 9.10. The summed E-state index contributed by atoms with van der Waals surface area (Å²) in [6.45, 7) is 8.43. The van der Waals surface area contributed by atoms with Gasteiger partial charge in [0.1, 0.15) is 5.69 Å². The molecule has 1 N–H and O–H groups in total. The van der Waals surface area contributed by atoms with Gasteiger partial charge in [-0.3, -0.25) is 4.79 Å². The maximum absolute atomic E-state index is 12.3. The number of likely N-dealkylation sites (tertiary alicyclic amines) is 1. The third kappa shape index (κ3) is 3.85. The third-order valence-electron chi connectivity index (χ3n) is 3.90. The van der Waals surface area contributed by atoms with Gasteiger partial charge in [0, 0.05) is 36.3 Å². The maximum Gasteiger partial charge on any atom is 0.268 e. The number of nitrogens with one attached hydrogen (secondary N) is 1. The van der Waals surface area contributed by atoms with Gasteiger partial charge >= 0.3 is 0 Å². The van der Waals surface area contributed by atoms with Crippen LogP contribution in [-0.2, 0) is 6.54 Å². The van der Waals surface area contributed by atoms with E-state index >= 15 is 0 Å². The Morgan fingerprint density at radius 1 is 1.40 bits per heavy atom. The van der Waals surface area contributed by atoms with Crippen molar-refractivity contribution >= 4 is 21.8 Å². The molecule has 0 aliphatic carbocycles. The van der Waals surface area contributed by atoms with Crippen molar-refractivity contribution in [1.82, 2.24) is 14.8 Å². The molecule has 1 saturated heterocycles. The molecular weight excluding hydrogens is 318 g/mol. The minimum atomic E-state index is 0.0477. The quantitative estimate of drug-likeness (QED) is 0.893. The molecule has 5 heteroatoms. The molecule has 1 aliphatic heterocycles. The number of aryl methyl sites for hydroxylation is 1. The summed E-state index contributed by atoms with van der Waals surface area (Å²) in [4.78, 5) is 14.8. The molecule has 2 rings (SSSR count). The first kappa shape index (κ1) is 15.6. The second-order valence-corrected chi connectivity index (χ2v) is 6.33. The lowest BCUT2D eigenvalue weighted by molar-refractivity contribution is 0.0902. The van der Waals surface area contributed by atoms with Gasteiger partial charge in [0.25, 0.3) is 5.91 Å². The van der Waals surface area contributed by atoms with Crippen LogP contribution in [0.2, 0.25) is 0 Å². The van der Waals surface area contributed by atoms with Crippen molar-refractivity contribution in [3.8, 4) is 0 Å². The van der Waals surface area contributed by atoms with E-state index in [0.29, 0.717) is 6.04 Å². The highest BCUT2D eigenvalue weighted by Crippen LogP contribution is 2.16. The van der Waals surface area contributed by atoms with Crippen LogP contribution in [-0.4, -0.2) is 41.1 Å². The molecule has 4 nitrogen and oxygen atoms in total. The number of piperidine rings is 1. The smallest absolute Gasteiger partial charge is 0.268 e. The summed E-state index contributed by atoms with van der Waals surface area (Å²) in [5.41, 5.74) is 0.746. The van der Waals surface area contributed by atoms with Crippen molar-refractivity contribution in [3.63, 3.8) is 0 Å². The van der Waals surface area contributed by atoms with Gasteiger partial charge in [0.2, 0.25) is 0 Å². The fraction of sp³-hybridized carbons (Fsp3) is 0.667. The zero-order chi connectivity index (χ0) is 14.5. The number of aromatic nitrogens is 1. The Bertz CT molecular complexity index is 450. The van der Waals surface area contributed by atoms with E-state index in [-0.39, 0.29) is 5.91 Å². The second-order valence-electron chi connectivity index (χ2n) is 5.42. The standard InChI is InChI=1S/C15H24BrN3O/c1-3-7-18-8-5-13(6-9-18)17-15(20)14-10-12(16)11-19(14)4-2/h10-11,13H,3-9H2,1-2H3,(H,17,20). The van der Waals surface area contributed by atoms with Crippen molar-refractivity contribution in [2.75, 3.05) is 19.6 Å². The summed E-state index contributed by atoms with van der Waals surface area (Å²) < 4.78 is 2.94. The molecule has 2 heterocycles. The molecule has 1 fully saturated rings. The van der Waals surface area contributed by atoms with Gasteiger partial charge in [-0.25, -0.2) is 0 Å². The lowest BCUT2D eigenvalue weighted by Crippen LogP contribution is -2.45. The zero-order valence-electron chi connectivity index (χ0n) is 12.4. The number of hydrogen-bond acceptors (Lipinski definition) is 2. The molecular formula is C15H24BrN3O. The number of hydrogen-bond donors (Lipinski definition) is 1. The molecule has 0 radical (unpaired) electrons. The molecule has 0 spiro atoms. The van der Waals surface area contributed by atoms with Gasteiger partial charge in [-0.2, -0.15) is 0 Å². The summed E-state index contributed by atoms with van der Waals surface area (Å²) in [5.74, 6) is 0.0477. The molecule has 0 unspecified atom stereocenters. The SMILES string of the molecule is CCCN1CCC(NC(=O)c2cc(Br)cn2CC)CC1. The minimum Gasteiger partial charge on any atom is -0.348 e. The number of amides is 1. The summed E-state index contributed by atoms with van der Waals surface area (Å²) >= 11 is 3.43. The Hall–Kier alpha value is -0.810. The number of carbonyl (C=O) groups excluding carboxylic acids is 1. The average molecular weight is 342 g/mol. The van der Waals surface area contributed by atoms with Crippen LogP contribution in [0.5, 0.6) is 0 Å². The van der Waals surface area contributed by atoms with E-state index < -0.39 is 0 Å². The van der Waals surface area contributed by atoms with Crippen LogP contribution in [0.3, 0.4) is 0 Å². The molecule has 0 aromatic carbocycles. The fourth-order valence-electron chi connectivity index (χ4n) is 2.80. The van der Waals surface area contributed by atoms with Crippen LogP contribution < -0.4 is 5.32 Å². The third-order valence-corrected chi connectivity index (χ3v) is 4.33. The Morgan fingerprint density at radius 3 is 2.70 bits per heavy atom. The van der Waals surface area contributed by atoms with Gasteiger partial charge in [-0.15, -0.1) is 0 Å². The lowest BCUT2D eigenvalue weighted by atomic mass is 10.0. The molecule has 1 aromatic rings. The van der Waals surface area contributed by atoms with Crippen molar-refractivity contribution in [2.45, 2.75) is 45.7 Å². The topological polar surface area (TPSA) is 37.3 Å². The summed E-state index contributed by atoms with van der Waals surface area (Å²) in [7, 11) is 0. The van der Waals surface area contributed by atoms with Gasteiger partial charge < -0.3 is 14.8 Å². The highest BCUT2D eigenvalue weighted by Gasteiger charge is 2.21. The molecule has 0 atom stereocenters. The first-order valence-electron chi connectivity index (χ1n) is 7.53. The van der Waals surface area contributed by atoms with Crippen LogP contribution in [0, 0.1) is 0 Å². The molecule has 20 heavy (non-hydrogen) atoms. The number of rotatable bonds is 5. The highest BCUT2D eigenvalue weighted by atomic mass is 79.9. The normalized spacial score (nSPS) is 17.4. The van der Waals surface area contributed by atoms with E-state index in [9.17, 15) is 4.79 Å². The summed E-state index contributed by atoms with van der Waals surface area (Å²) in [6.07, 6.45) is 5.27. The van der Waals surface area contributed by atoms with E-state index in [1.54, 1.807) is 0 Å². The largest absolute Gasteiger partial charge is 0.348 e. The van der Waals surface area contributed by atoms with Crippen LogP contribution in [0.4, 0.5) is 0 Å². The molecule has 1 amide bonds. The Kier molecular flexibility index (Phi) is 5.66. The van der Waals surface area contributed by atoms with E-state index in [1.807, 2.05) is 23.8 Å². The zero-order valence-corrected chi connectivity index (χ0v) is 13.9. The average Bonchev–Trinajstić information content (AvgIpc) is 2.82. The summed E-state index contributed by atoms with van der Waals surface area (Å²) in [5, 5.41) is 3.18. The van der Waals surface area contributed by atoms with E-state index in [2.05, 4.69) is 33.1 Å². The van der Waals surface area contributed by atoms with Gasteiger partial charge in [0.15, 0.2) is 0 Å². The van der Waals surface area contributed by atoms with Crippen LogP contribution in [0.15, 0.2) is 16.7 Å². The van der Waals surface area contributed by atoms with E-state index in [1.165, 1.54) is 13.0 Å². The van der Waals surface area contributed by atoms with Gasteiger partial charge in [0.05, 0.1) is 0 Å².